The van der Waals surface area contributed by atoms with Gasteiger partial charge >= 0.3 is 0 Å². The maximum absolute atomic E-state index is 3.48. The van der Waals surface area contributed by atoms with Crippen LogP contribution in [0.15, 0.2) is 0 Å². The average molecular weight is 199 g/mol. The monoisotopic (exact) mass is 199 g/mol. The molecule has 0 saturated carbocycles. The summed E-state index contributed by atoms with van der Waals surface area (Å²) in [5, 5.41) is 3.48. The summed E-state index contributed by atoms with van der Waals surface area (Å²) in [5.74, 6) is 2.57. The van der Waals surface area contributed by atoms with Crippen molar-refractivity contribution in [2.24, 2.45) is 17.8 Å². The van der Waals surface area contributed by atoms with Crippen molar-refractivity contribution in [3.8, 4) is 0 Å². The lowest BCUT2D eigenvalue weighted by atomic mass is 9.85. The fraction of sp³-hybridized carbons (Fsp3) is 1.00. The van der Waals surface area contributed by atoms with Crippen LogP contribution >= 0.6 is 0 Å². The molecule has 0 aliphatic rings. The van der Waals surface area contributed by atoms with Crippen molar-refractivity contribution in [3.63, 3.8) is 0 Å². The molecule has 0 fully saturated rings. The Bertz CT molecular complexity index is 120. The maximum Gasteiger partial charge on any atom is -0.00181 e. The molecule has 2 unspecified atom stereocenters. The number of rotatable bonds is 8. The highest BCUT2D eigenvalue weighted by atomic mass is 14.8. The van der Waals surface area contributed by atoms with Crippen LogP contribution in [0, 0.1) is 17.8 Å². The van der Waals surface area contributed by atoms with Gasteiger partial charge in [0.15, 0.2) is 0 Å². The molecule has 0 aliphatic heterocycles. The Morgan fingerprint density at radius 1 is 1.07 bits per heavy atom. The fourth-order valence-corrected chi connectivity index (χ4v) is 2.05. The molecule has 0 radical (unpaired) electrons. The Balaban J connectivity index is 3.82. The normalized spacial score (nSPS) is 15.9. The van der Waals surface area contributed by atoms with E-state index >= 15 is 0 Å². The first kappa shape index (κ1) is 14.0. The second-order valence-electron chi connectivity index (χ2n) is 4.94. The van der Waals surface area contributed by atoms with E-state index in [1.165, 1.54) is 25.8 Å². The van der Waals surface area contributed by atoms with E-state index in [4.69, 9.17) is 0 Å². The number of hydrogen-bond donors (Lipinski definition) is 1. The third-order valence-corrected chi connectivity index (χ3v) is 3.09. The Hall–Kier alpha value is -0.0400. The lowest BCUT2D eigenvalue weighted by Crippen LogP contribution is -2.27. The van der Waals surface area contributed by atoms with Crippen molar-refractivity contribution < 1.29 is 0 Å². The van der Waals surface area contributed by atoms with Crippen LogP contribution in [0.2, 0.25) is 0 Å². The van der Waals surface area contributed by atoms with Crippen molar-refractivity contribution in [2.45, 2.75) is 53.9 Å². The Kier molecular flexibility index (Phi) is 8.26. The molecule has 14 heavy (non-hydrogen) atoms. The molecule has 0 rings (SSSR count). The molecule has 0 aromatic carbocycles. The summed E-state index contributed by atoms with van der Waals surface area (Å²) in [7, 11) is 0. The SMILES string of the molecule is CCCC(C)CC(CNCC)C(C)C. The van der Waals surface area contributed by atoms with Crippen LogP contribution in [0.3, 0.4) is 0 Å². The highest BCUT2D eigenvalue weighted by Crippen LogP contribution is 2.22. The fourth-order valence-electron chi connectivity index (χ4n) is 2.05. The first-order valence-corrected chi connectivity index (χ1v) is 6.32. The zero-order valence-corrected chi connectivity index (χ0v) is 10.8. The Morgan fingerprint density at radius 3 is 2.14 bits per heavy atom. The van der Waals surface area contributed by atoms with E-state index in [0.717, 1.165) is 24.3 Å². The predicted molar refractivity (Wildman–Crippen MR) is 65.6 cm³/mol. The van der Waals surface area contributed by atoms with Crippen molar-refractivity contribution in [2.75, 3.05) is 13.1 Å². The van der Waals surface area contributed by atoms with Crippen LogP contribution in [0.5, 0.6) is 0 Å². The Morgan fingerprint density at radius 2 is 1.71 bits per heavy atom. The number of nitrogens with one attached hydrogen (secondary N) is 1. The molecule has 0 aliphatic carbocycles. The molecule has 86 valence electrons. The summed E-state index contributed by atoms with van der Waals surface area (Å²) in [6, 6.07) is 0. The molecular formula is C13H29N. The van der Waals surface area contributed by atoms with Gasteiger partial charge in [-0.25, -0.2) is 0 Å². The quantitative estimate of drug-likeness (QED) is 0.628. The molecule has 2 atom stereocenters. The first-order valence-electron chi connectivity index (χ1n) is 6.32. The van der Waals surface area contributed by atoms with Crippen molar-refractivity contribution in [3.05, 3.63) is 0 Å². The largest absolute Gasteiger partial charge is 0.317 e. The first-order chi connectivity index (χ1) is 6.61. The summed E-state index contributed by atoms with van der Waals surface area (Å²) in [5.41, 5.74) is 0. The molecule has 1 heteroatoms. The summed E-state index contributed by atoms with van der Waals surface area (Å²) in [6.07, 6.45) is 4.10. The van der Waals surface area contributed by atoms with Gasteiger partial charge < -0.3 is 5.32 Å². The molecule has 0 saturated heterocycles. The molecule has 0 heterocycles. The summed E-state index contributed by atoms with van der Waals surface area (Å²) < 4.78 is 0. The van der Waals surface area contributed by atoms with Crippen LogP contribution in [0.4, 0.5) is 0 Å². The topological polar surface area (TPSA) is 12.0 Å². The van der Waals surface area contributed by atoms with E-state index in [0.29, 0.717) is 0 Å². The van der Waals surface area contributed by atoms with Crippen LogP contribution in [-0.4, -0.2) is 13.1 Å². The van der Waals surface area contributed by atoms with E-state index < -0.39 is 0 Å². The standard InChI is InChI=1S/C13H29N/c1-6-8-12(5)9-13(11(3)4)10-14-7-2/h11-14H,6-10H2,1-5H3. The van der Waals surface area contributed by atoms with Gasteiger partial charge in [0.1, 0.15) is 0 Å². The zero-order chi connectivity index (χ0) is 11.0. The van der Waals surface area contributed by atoms with Crippen molar-refractivity contribution >= 4 is 0 Å². The van der Waals surface area contributed by atoms with E-state index in [-0.39, 0.29) is 0 Å². The molecular weight excluding hydrogens is 170 g/mol. The summed E-state index contributed by atoms with van der Waals surface area (Å²) >= 11 is 0. The molecule has 0 aromatic rings. The second kappa shape index (κ2) is 8.28. The van der Waals surface area contributed by atoms with Crippen molar-refractivity contribution in [1.29, 1.82) is 0 Å². The van der Waals surface area contributed by atoms with Crippen LogP contribution in [0.1, 0.15) is 53.9 Å². The van der Waals surface area contributed by atoms with Gasteiger partial charge in [0.05, 0.1) is 0 Å². The molecule has 0 aromatic heterocycles. The molecule has 1 N–H and O–H groups in total. The minimum Gasteiger partial charge on any atom is -0.317 e. The molecule has 0 amide bonds. The van der Waals surface area contributed by atoms with Gasteiger partial charge in [0, 0.05) is 0 Å². The second-order valence-corrected chi connectivity index (χ2v) is 4.94. The van der Waals surface area contributed by atoms with Crippen molar-refractivity contribution in [1.82, 2.24) is 5.32 Å². The van der Waals surface area contributed by atoms with Crippen LogP contribution in [0.25, 0.3) is 0 Å². The van der Waals surface area contributed by atoms with Gasteiger partial charge in [-0.3, -0.25) is 0 Å². The maximum atomic E-state index is 3.48. The minimum atomic E-state index is 0.813. The Labute approximate surface area is 90.7 Å². The van der Waals surface area contributed by atoms with Gasteiger partial charge in [0.2, 0.25) is 0 Å². The highest BCUT2D eigenvalue weighted by molar-refractivity contribution is 4.69. The van der Waals surface area contributed by atoms with Crippen LogP contribution < -0.4 is 5.32 Å². The highest BCUT2D eigenvalue weighted by Gasteiger charge is 2.15. The summed E-state index contributed by atoms with van der Waals surface area (Å²) in [4.78, 5) is 0. The zero-order valence-electron chi connectivity index (χ0n) is 10.8. The molecule has 1 nitrogen and oxygen atoms in total. The van der Waals surface area contributed by atoms with Gasteiger partial charge in [-0.15, -0.1) is 0 Å². The van der Waals surface area contributed by atoms with Gasteiger partial charge in [-0.1, -0.05) is 47.5 Å². The van der Waals surface area contributed by atoms with Gasteiger partial charge in [-0.05, 0) is 37.3 Å². The van der Waals surface area contributed by atoms with Crippen LogP contribution in [-0.2, 0) is 0 Å². The van der Waals surface area contributed by atoms with E-state index in [9.17, 15) is 0 Å². The van der Waals surface area contributed by atoms with E-state index in [2.05, 4.69) is 39.9 Å². The third kappa shape index (κ3) is 6.42. The van der Waals surface area contributed by atoms with E-state index in [1.807, 2.05) is 0 Å². The predicted octanol–water partition coefficient (Wildman–Crippen LogP) is 3.69. The number of hydrogen-bond acceptors (Lipinski definition) is 1. The molecule has 0 spiro atoms. The minimum absolute atomic E-state index is 0.813. The summed E-state index contributed by atoms with van der Waals surface area (Å²) in [6.45, 7) is 13.9. The smallest absolute Gasteiger partial charge is 0.00181 e. The average Bonchev–Trinajstić information content (AvgIpc) is 2.12. The third-order valence-electron chi connectivity index (χ3n) is 3.09. The van der Waals surface area contributed by atoms with Gasteiger partial charge in [-0.2, -0.15) is 0 Å². The lowest BCUT2D eigenvalue weighted by molar-refractivity contribution is 0.288. The van der Waals surface area contributed by atoms with Gasteiger partial charge in [0.25, 0.3) is 0 Å². The lowest BCUT2D eigenvalue weighted by Gasteiger charge is -2.24. The molecule has 0 bridgehead atoms. The van der Waals surface area contributed by atoms with E-state index in [1.54, 1.807) is 0 Å².